The van der Waals surface area contributed by atoms with Crippen LogP contribution in [0.2, 0.25) is 0 Å². The monoisotopic (exact) mass is 383 g/mol. The van der Waals surface area contributed by atoms with Crippen molar-refractivity contribution in [2.75, 3.05) is 32.2 Å². The summed E-state index contributed by atoms with van der Waals surface area (Å²) in [6.45, 7) is 1.64. The van der Waals surface area contributed by atoms with Gasteiger partial charge in [-0.1, -0.05) is 0 Å². The number of hydrogen-bond donors (Lipinski definition) is 1. The Morgan fingerprint density at radius 2 is 2.04 bits per heavy atom. The van der Waals surface area contributed by atoms with Gasteiger partial charge in [0.2, 0.25) is 5.88 Å². The minimum absolute atomic E-state index is 0.0527. The summed E-state index contributed by atoms with van der Waals surface area (Å²) in [5.74, 6) is 1.25. The molecular formula is C19H18FN5O3. The van der Waals surface area contributed by atoms with E-state index in [1.54, 1.807) is 12.3 Å². The van der Waals surface area contributed by atoms with E-state index < -0.39 is 5.82 Å². The number of nitrogens with one attached hydrogen (secondary N) is 1. The van der Waals surface area contributed by atoms with Gasteiger partial charge in [-0.05, 0) is 18.6 Å². The Balaban J connectivity index is 1.44. The van der Waals surface area contributed by atoms with Crippen LogP contribution >= 0.6 is 0 Å². The fourth-order valence-corrected chi connectivity index (χ4v) is 2.86. The molecule has 4 heterocycles. The zero-order chi connectivity index (χ0) is 19.3. The number of rotatable bonds is 6. The van der Waals surface area contributed by atoms with Gasteiger partial charge in [0.25, 0.3) is 5.88 Å². The molecule has 3 aromatic rings. The van der Waals surface area contributed by atoms with Crippen molar-refractivity contribution < 1.29 is 18.6 Å². The molecule has 1 N–H and O–H groups in total. The van der Waals surface area contributed by atoms with Crippen LogP contribution in [0.4, 0.5) is 10.2 Å². The molecule has 0 atom stereocenters. The molecule has 0 fully saturated rings. The lowest BCUT2D eigenvalue weighted by molar-refractivity contribution is 0.163. The van der Waals surface area contributed by atoms with Crippen molar-refractivity contribution in [2.45, 2.75) is 6.42 Å². The second kappa shape index (κ2) is 8.03. The number of hydrogen-bond acceptors (Lipinski definition) is 8. The van der Waals surface area contributed by atoms with Crippen LogP contribution < -0.4 is 19.5 Å². The number of nitrogens with zero attached hydrogens (tertiary/aromatic N) is 4. The van der Waals surface area contributed by atoms with Crippen LogP contribution in [-0.4, -0.2) is 46.8 Å². The first-order chi connectivity index (χ1) is 13.7. The second-order valence-electron chi connectivity index (χ2n) is 5.98. The number of pyridine rings is 2. The van der Waals surface area contributed by atoms with Crippen molar-refractivity contribution in [1.29, 1.82) is 0 Å². The molecule has 0 aromatic carbocycles. The van der Waals surface area contributed by atoms with E-state index >= 15 is 0 Å². The highest BCUT2D eigenvalue weighted by Gasteiger charge is 2.16. The van der Waals surface area contributed by atoms with E-state index in [9.17, 15) is 4.39 Å². The highest BCUT2D eigenvalue weighted by molar-refractivity contribution is 5.61. The Labute approximate surface area is 160 Å². The molecule has 8 nitrogen and oxygen atoms in total. The van der Waals surface area contributed by atoms with Gasteiger partial charge in [0, 0.05) is 36.1 Å². The molecule has 0 saturated heterocycles. The highest BCUT2D eigenvalue weighted by Crippen LogP contribution is 2.31. The molecule has 0 amide bonds. The molecule has 0 spiro atoms. The number of halogens is 1. The largest absolute Gasteiger partial charge is 0.484 e. The number of methoxy groups -OCH3 is 1. The molecule has 3 aromatic heterocycles. The third kappa shape index (κ3) is 3.78. The SMILES string of the molecule is COc1ncc(-c2cc(NCCc3ccnc4c3OCCO4)ncn2)cc1F. The fourth-order valence-electron chi connectivity index (χ4n) is 2.86. The standard InChI is InChI=1S/C19H18FN5O3/c1-26-18-14(20)8-13(10-23-18)15-9-16(25-11-24-15)21-4-2-12-3-5-22-19-17(12)27-6-7-28-19/h3,5,8-11H,2,4,6-7H2,1H3,(H,21,24,25). The molecule has 0 unspecified atom stereocenters. The zero-order valence-corrected chi connectivity index (χ0v) is 15.2. The van der Waals surface area contributed by atoms with Gasteiger partial charge in [0.05, 0.1) is 12.8 Å². The van der Waals surface area contributed by atoms with E-state index in [0.717, 1.165) is 5.56 Å². The topological polar surface area (TPSA) is 91.3 Å². The molecule has 0 radical (unpaired) electrons. The molecule has 0 aliphatic carbocycles. The van der Waals surface area contributed by atoms with Gasteiger partial charge >= 0.3 is 0 Å². The molecule has 4 rings (SSSR count). The maximum atomic E-state index is 13.9. The van der Waals surface area contributed by atoms with Gasteiger partial charge < -0.3 is 19.5 Å². The quantitative estimate of drug-likeness (QED) is 0.694. The lowest BCUT2D eigenvalue weighted by Gasteiger charge is -2.19. The number of aromatic nitrogens is 4. The van der Waals surface area contributed by atoms with Gasteiger partial charge in [0.1, 0.15) is 25.4 Å². The number of ether oxygens (including phenoxy) is 3. The summed E-state index contributed by atoms with van der Waals surface area (Å²) < 4.78 is 29.9. The van der Waals surface area contributed by atoms with Crippen LogP contribution in [0.1, 0.15) is 5.56 Å². The maximum absolute atomic E-state index is 13.9. The molecule has 0 saturated carbocycles. The number of anilines is 1. The van der Waals surface area contributed by atoms with E-state index in [-0.39, 0.29) is 5.88 Å². The summed E-state index contributed by atoms with van der Waals surface area (Å²) in [4.78, 5) is 16.5. The van der Waals surface area contributed by atoms with Crippen LogP contribution in [-0.2, 0) is 6.42 Å². The smallest absolute Gasteiger partial charge is 0.257 e. The minimum atomic E-state index is -0.544. The Hall–Kier alpha value is -3.49. The van der Waals surface area contributed by atoms with Crippen LogP contribution in [0.5, 0.6) is 17.5 Å². The molecule has 9 heteroatoms. The van der Waals surface area contributed by atoms with E-state index in [2.05, 4.69) is 25.3 Å². The zero-order valence-electron chi connectivity index (χ0n) is 15.2. The van der Waals surface area contributed by atoms with Crippen molar-refractivity contribution in [2.24, 2.45) is 0 Å². The lowest BCUT2D eigenvalue weighted by Crippen LogP contribution is -2.18. The fraction of sp³-hybridized carbons (Fsp3) is 0.263. The van der Waals surface area contributed by atoms with Crippen LogP contribution in [0.3, 0.4) is 0 Å². The van der Waals surface area contributed by atoms with E-state index in [1.165, 1.54) is 25.7 Å². The Bertz CT molecular complexity index is 986. The Morgan fingerprint density at radius 3 is 2.89 bits per heavy atom. The first kappa shape index (κ1) is 17.9. The normalized spacial score (nSPS) is 12.5. The molecule has 0 bridgehead atoms. The summed E-state index contributed by atoms with van der Waals surface area (Å²) in [6.07, 6.45) is 5.34. The van der Waals surface area contributed by atoms with Crippen molar-refractivity contribution in [3.05, 3.63) is 48.3 Å². The van der Waals surface area contributed by atoms with Gasteiger partial charge in [-0.25, -0.2) is 24.3 Å². The number of fused-ring (bicyclic) bond motifs is 1. The minimum Gasteiger partial charge on any atom is -0.484 e. The summed E-state index contributed by atoms with van der Waals surface area (Å²) in [7, 11) is 1.37. The predicted octanol–water partition coefficient (Wildman–Crippen LogP) is 2.51. The van der Waals surface area contributed by atoms with E-state index in [1.807, 2.05) is 6.07 Å². The van der Waals surface area contributed by atoms with Crippen LogP contribution in [0, 0.1) is 5.82 Å². The Kier molecular flexibility index (Phi) is 5.14. The average molecular weight is 383 g/mol. The average Bonchev–Trinajstić information content (AvgIpc) is 2.74. The summed E-state index contributed by atoms with van der Waals surface area (Å²) in [6, 6.07) is 4.98. The Morgan fingerprint density at radius 1 is 1.14 bits per heavy atom. The lowest BCUT2D eigenvalue weighted by atomic mass is 10.1. The van der Waals surface area contributed by atoms with Crippen molar-refractivity contribution in [3.8, 4) is 28.8 Å². The third-order valence-electron chi connectivity index (χ3n) is 4.19. The van der Waals surface area contributed by atoms with Gasteiger partial charge in [-0.3, -0.25) is 0 Å². The van der Waals surface area contributed by atoms with Gasteiger partial charge in [-0.2, -0.15) is 0 Å². The maximum Gasteiger partial charge on any atom is 0.257 e. The predicted molar refractivity (Wildman–Crippen MR) is 99.2 cm³/mol. The second-order valence-corrected chi connectivity index (χ2v) is 5.98. The molecule has 144 valence electrons. The van der Waals surface area contributed by atoms with Gasteiger partial charge in [-0.15, -0.1) is 0 Å². The molecular weight excluding hydrogens is 365 g/mol. The molecule has 1 aliphatic rings. The summed E-state index contributed by atoms with van der Waals surface area (Å²) in [5, 5.41) is 3.24. The highest BCUT2D eigenvalue weighted by atomic mass is 19.1. The summed E-state index contributed by atoms with van der Waals surface area (Å²) in [5.41, 5.74) is 2.11. The van der Waals surface area contributed by atoms with E-state index in [4.69, 9.17) is 14.2 Å². The van der Waals surface area contributed by atoms with Crippen molar-refractivity contribution in [1.82, 2.24) is 19.9 Å². The molecule has 28 heavy (non-hydrogen) atoms. The van der Waals surface area contributed by atoms with Crippen molar-refractivity contribution >= 4 is 5.82 Å². The third-order valence-corrected chi connectivity index (χ3v) is 4.19. The first-order valence-corrected chi connectivity index (χ1v) is 8.74. The first-order valence-electron chi connectivity index (χ1n) is 8.74. The summed E-state index contributed by atoms with van der Waals surface area (Å²) >= 11 is 0. The van der Waals surface area contributed by atoms with Crippen molar-refractivity contribution in [3.63, 3.8) is 0 Å². The van der Waals surface area contributed by atoms with Crippen LogP contribution in [0.15, 0.2) is 36.9 Å². The van der Waals surface area contributed by atoms with Gasteiger partial charge in [0.15, 0.2) is 11.6 Å². The van der Waals surface area contributed by atoms with Crippen LogP contribution in [0.25, 0.3) is 11.3 Å². The van der Waals surface area contributed by atoms with E-state index in [0.29, 0.717) is 54.9 Å². The molecule has 1 aliphatic heterocycles.